The minimum atomic E-state index is -4.82. The Morgan fingerprint density at radius 3 is 2.54 bits per heavy atom. The van der Waals surface area contributed by atoms with Gasteiger partial charge in [0.25, 0.3) is 5.69 Å². The number of nitro benzene ring substituents is 1. The molecule has 0 bridgehead atoms. The number of alkyl halides is 3. The number of nitro groups is 1. The zero-order valence-electron chi connectivity index (χ0n) is 13.5. The molecule has 3 unspecified atom stereocenters. The first-order chi connectivity index (χ1) is 11.0. The Morgan fingerprint density at radius 2 is 2.04 bits per heavy atom. The Morgan fingerprint density at radius 1 is 1.42 bits per heavy atom. The van der Waals surface area contributed by atoms with E-state index in [0.29, 0.717) is 11.3 Å². The molecular formula is C15H19F3N2O3S. The number of thioether (sulfide) groups is 1. The molecule has 24 heavy (non-hydrogen) atoms. The molecule has 0 saturated heterocycles. The number of halogens is 3. The van der Waals surface area contributed by atoms with Crippen LogP contribution < -0.4 is 5.32 Å². The molecule has 0 saturated carbocycles. The number of fused-ring (bicyclic) bond motifs is 1. The van der Waals surface area contributed by atoms with E-state index in [-0.39, 0.29) is 11.6 Å². The summed E-state index contributed by atoms with van der Waals surface area (Å²) in [5, 5.41) is 24.6. The summed E-state index contributed by atoms with van der Waals surface area (Å²) in [4.78, 5) is 10.0. The smallest absolute Gasteiger partial charge is 0.387 e. The van der Waals surface area contributed by atoms with Crippen LogP contribution in [0.5, 0.6) is 0 Å². The van der Waals surface area contributed by atoms with Gasteiger partial charge < -0.3 is 10.4 Å². The summed E-state index contributed by atoms with van der Waals surface area (Å²) < 4.78 is 39.3. The minimum Gasteiger partial charge on any atom is -0.387 e. The van der Waals surface area contributed by atoms with Gasteiger partial charge in [-0.25, -0.2) is 0 Å². The molecule has 0 amide bonds. The highest BCUT2D eigenvalue weighted by Gasteiger charge is 2.45. The summed E-state index contributed by atoms with van der Waals surface area (Å²) in [6.45, 7) is 5.31. The summed E-state index contributed by atoms with van der Waals surface area (Å²) in [7, 11) is 0. The van der Waals surface area contributed by atoms with Crippen LogP contribution in [0.3, 0.4) is 0 Å². The molecule has 9 heteroatoms. The summed E-state index contributed by atoms with van der Waals surface area (Å²) in [6, 6.07) is 1.22. The molecule has 0 spiro atoms. The quantitative estimate of drug-likeness (QED) is 0.610. The van der Waals surface area contributed by atoms with Crippen LogP contribution in [-0.2, 0) is 6.18 Å². The van der Waals surface area contributed by atoms with E-state index in [4.69, 9.17) is 0 Å². The monoisotopic (exact) mass is 364 g/mol. The van der Waals surface area contributed by atoms with Gasteiger partial charge >= 0.3 is 6.18 Å². The second-order valence-electron chi connectivity index (χ2n) is 6.12. The molecule has 2 rings (SSSR count). The first-order valence-corrected chi connectivity index (χ1v) is 8.60. The summed E-state index contributed by atoms with van der Waals surface area (Å²) in [5.41, 5.74) is -2.80. The third-order valence-corrected chi connectivity index (χ3v) is 5.44. The Kier molecular flexibility index (Phi) is 5.06. The molecular weight excluding hydrogens is 345 g/mol. The van der Waals surface area contributed by atoms with E-state index >= 15 is 0 Å². The van der Waals surface area contributed by atoms with Crippen LogP contribution in [0.1, 0.15) is 37.8 Å². The molecule has 5 nitrogen and oxygen atoms in total. The largest absolute Gasteiger partial charge is 0.423 e. The van der Waals surface area contributed by atoms with Crippen molar-refractivity contribution >= 4 is 23.1 Å². The SMILES string of the molecule is CCSCC(C)(O)C1Nc2cc(C(F)(F)F)c([N+](=O)[O-])cc2C1C. The highest BCUT2D eigenvalue weighted by Crippen LogP contribution is 2.46. The fourth-order valence-corrected chi connectivity index (χ4v) is 3.85. The van der Waals surface area contributed by atoms with Gasteiger partial charge in [-0.3, -0.25) is 10.1 Å². The summed E-state index contributed by atoms with van der Waals surface area (Å²) >= 11 is 1.52. The van der Waals surface area contributed by atoms with Gasteiger partial charge in [0.2, 0.25) is 0 Å². The van der Waals surface area contributed by atoms with Crippen molar-refractivity contribution in [2.24, 2.45) is 0 Å². The van der Waals surface area contributed by atoms with Gasteiger partial charge in [0.05, 0.1) is 16.6 Å². The molecule has 0 radical (unpaired) electrons. The Bertz CT molecular complexity index is 650. The number of aliphatic hydroxyl groups is 1. The molecule has 0 aromatic heterocycles. The van der Waals surface area contributed by atoms with Crippen molar-refractivity contribution in [1.29, 1.82) is 0 Å². The lowest BCUT2D eigenvalue weighted by molar-refractivity contribution is -0.388. The van der Waals surface area contributed by atoms with Gasteiger partial charge in [0, 0.05) is 23.4 Å². The van der Waals surface area contributed by atoms with Crippen molar-refractivity contribution in [3.63, 3.8) is 0 Å². The lowest BCUT2D eigenvalue weighted by Crippen LogP contribution is -2.47. The lowest BCUT2D eigenvalue weighted by Gasteiger charge is -2.33. The highest BCUT2D eigenvalue weighted by atomic mass is 32.2. The number of nitrogens with one attached hydrogen (secondary N) is 1. The predicted molar refractivity (Wildman–Crippen MR) is 87.5 cm³/mol. The van der Waals surface area contributed by atoms with E-state index < -0.39 is 34.0 Å². The molecule has 1 aliphatic heterocycles. The first-order valence-electron chi connectivity index (χ1n) is 7.45. The Balaban J connectivity index is 2.45. The average molecular weight is 364 g/mol. The minimum absolute atomic E-state index is 0.187. The number of anilines is 1. The summed E-state index contributed by atoms with van der Waals surface area (Å²) in [5.74, 6) is 0.857. The zero-order valence-corrected chi connectivity index (χ0v) is 14.3. The van der Waals surface area contributed by atoms with Gasteiger partial charge in [0.15, 0.2) is 0 Å². The van der Waals surface area contributed by atoms with Gasteiger partial charge in [-0.1, -0.05) is 13.8 Å². The molecule has 3 atom stereocenters. The molecule has 1 heterocycles. The highest BCUT2D eigenvalue weighted by molar-refractivity contribution is 7.99. The second-order valence-corrected chi connectivity index (χ2v) is 7.39. The standard InChI is InChI=1S/C15H19F3N2O3S/c1-4-24-7-14(3,21)13-8(2)9-5-12(20(22)23)10(15(16,17)18)6-11(9)19-13/h5-6,8,13,19,21H,4,7H2,1-3H3. The number of benzene rings is 1. The maximum Gasteiger partial charge on any atom is 0.423 e. The lowest BCUT2D eigenvalue weighted by atomic mass is 9.86. The Hall–Kier alpha value is -1.48. The average Bonchev–Trinajstić information content (AvgIpc) is 2.80. The van der Waals surface area contributed by atoms with E-state index in [1.54, 1.807) is 13.8 Å². The molecule has 0 aliphatic carbocycles. The predicted octanol–water partition coefficient (Wildman–Crippen LogP) is 4.02. The molecule has 134 valence electrons. The van der Waals surface area contributed by atoms with Crippen LogP contribution in [0.2, 0.25) is 0 Å². The van der Waals surface area contributed by atoms with Crippen molar-refractivity contribution < 1.29 is 23.2 Å². The van der Waals surface area contributed by atoms with Crippen molar-refractivity contribution in [2.75, 3.05) is 16.8 Å². The topological polar surface area (TPSA) is 75.4 Å². The van der Waals surface area contributed by atoms with Crippen LogP contribution in [0.4, 0.5) is 24.5 Å². The van der Waals surface area contributed by atoms with Crippen molar-refractivity contribution in [2.45, 2.75) is 44.5 Å². The van der Waals surface area contributed by atoms with Crippen molar-refractivity contribution in [3.05, 3.63) is 33.4 Å². The van der Waals surface area contributed by atoms with Crippen LogP contribution >= 0.6 is 11.8 Å². The van der Waals surface area contributed by atoms with E-state index in [1.807, 2.05) is 6.92 Å². The van der Waals surface area contributed by atoms with E-state index in [1.165, 1.54) is 11.8 Å². The molecule has 0 fully saturated rings. The van der Waals surface area contributed by atoms with Gasteiger partial charge in [-0.05, 0) is 24.3 Å². The molecule has 1 aromatic carbocycles. The van der Waals surface area contributed by atoms with Gasteiger partial charge in [-0.15, -0.1) is 0 Å². The number of nitrogens with zero attached hydrogens (tertiary/aromatic N) is 1. The fourth-order valence-electron chi connectivity index (χ4n) is 3.05. The zero-order chi connectivity index (χ0) is 18.3. The normalized spacial score (nSPS) is 22.6. The first kappa shape index (κ1) is 18.9. The Labute approximate surface area is 141 Å². The number of hydrogen-bond donors (Lipinski definition) is 2. The summed E-state index contributed by atoms with van der Waals surface area (Å²) in [6.07, 6.45) is -4.82. The number of hydrogen-bond acceptors (Lipinski definition) is 5. The van der Waals surface area contributed by atoms with Gasteiger partial charge in [0.1, 0.15) is 5.56 Å². The third kappa shape index (κ3) is 3.46. The van der Waals surface area contributed by atoms with Crippen LogP contribution in [0.15, 0.2) is 12.1 Å². The van der Waals surface area contributed by atoms with E-state index in [9.17, 15) is 28.4 Å². The third-order valence-electron chi connectivity index (χ3n) is 4.24. The van der Waals surface area contributed by atoms with E-state index in [0.717, 1.165) is 17.9 Å². The molecule has 1 aliphatic rings. The maximum atomic E-state index is 13.1. The number of rotatable bonds is 5. The second kappa shape index (κ2) is 6.44. The fraction of sp³-hybridized carbons (Fsp3) is 0.600. The van der Waals surface area contributed by atoms with E-state index in [2.05, 4.69) is 5.32 Å². The van der Waals surface area contributed by atoms with Crippen LogP contribution in [-0.4, -0.2) is 33.2 Å². The van der Waals surface area contributed by atoms with Crippen LogP contribution in [0, 0.1) is 10.1 Å². The van der Waals surface area contributed by atoms with Crippen molar-refractivity contribution in [1.82, 2.24) is 0 Å². The maximum absolute atomic E-state index is 13.1. The molecule has 1 aromatic rings. The van der Waals surface area contributed by atoms with Crippen LogP contribution in [0.25, 0.3) is 0 Å². The van der Waals surface area contributed by atoms with Gasteiger partial charge in [-0.2, -0.15) is 24.9 Å². The van der Waals surface area contributed by atoms with Crippen molar-refractivity contribution in [3.8, 4) is 0 Å². The molecule has 2 N–H and O–H groups in total.